The van der Waals surface area contributed by atoms with E-state index >= 15 is 0 Å². The third-order valence-corrected chi connectivity index (χ3v) is 20.2. The molecule has 19 heteroatoms. The minimum Gasteiger partial charge on any atom is -0.394 e. The molecule has 0 saturated carbocycles. The fourth-order valence-corrected chi connectivity index (χ4v) is 13.7. The van der Waals surface area contributed by atoms with Crippen LogP contribution in [0.5, 0.6) is 0 Å². The lowest BCUT2D eigenvalue weighted by molar-refractivity contribution is -0.379. The molecule has 3 rings (SSSR count). The number of amides is 1. The zero-order valence-electron chi connectivity index (χ0n) is 62.0. The summed E-state index contributed by atoms with van der Waals surface area (Å²) in [6.45, 7) is 1.73. The summed E-state index contributed by atoms with van der Waals surface area (Å²) >= 11 is 0. The van der Waals surface area contributed by atoms with E-state index in [1.54, 1.807) is 0 Å². The van der Waals surface area contributed by atoms with Crippen molar-refractivity contribution in [2.45, 2.75) is 426 Å². The molecule has 0 aromatic heterocycles. The van der Waals surface area contributed by atoms with E-state index in [1.165, 1.54) is 218 Å². The fraction of sp³-hybridized carbons (Fsp3) is 0.887. The number of rotatable bonds is 64. The van der Waals surface area contributed by atoms with Gasteiger partial charge in [-0.1, -0.05) is 313 Å². The zero-order chi connectivity index (χ0) is 71.8. The Labute approximate surface area is 599 Å². The topological polar surface area (TPSA) is 307 Å². The van der Waals surface area contributed by atoms with E-state index in [0.29, 0.717) is 12.8 Å². The highest BCUT2D eigenvalue weighted by molar-refractivity contribution is 5.76. The van der Waals surface area contributed by atoms with Crippen LogP contribution in [0.3, 0.4) is 0 Å². The Morgan fingerprint density at radius 2 is 0.697 bits per heavy atom. The number of aliphatic hydroxyl groups is 11. The van der Waals surface area contributed by atoms with E-state index < -0.39 is 124 Å². The molecule has 19 nitrogen and oxygen atoms in total. The van der Waals surface area contributed by atoms with Gasteiger partial charge in [0.15, 0.2) is 18.9 Å². The third-order valence-electron chi connectivity index (χ3n) is 20.2. The van der Waals surface area contributed by atoms with Gasteiger partial charge in [0.2, 0.25) is 5.91 Å². The smallest absolute Gasteiger partial charge is 0.220 e. The van der Waals surface area contributed by atoms with Gasteiger partial charge in [-0.3, -0.25) is 4.79 Å². The Bertz CT molecular complexity index is 1980. The number of allylic oxidation sites excluding steroid dienone is 8. The highest BCUT2D eigenvalue weighted by Crippen LogP contribution is 2.33. The number of hydrogen-bond donors (Lipinski definition) is 12. The van der Waals surface area contributed by atoms with Crippen LogP contribution >= 0.6 is 0 Å². The molecule has 0 aromatic rings. The van der Waals surface area contributed by atoms with Crippen LogP contribution in [0.1, 0.15) is 322 Å². The Hall–Kier alpha value is -2.25. The molecule has 0 spiro atoms. The van der Waals surface area contributed by atoms with Crippen molar-refractivity contribution in [1.82, 2.24) is 5.32 Å². The van der Waals surface area contributed by atoms with Gasteiger partial charge in [-0.25, -0.2) is 0 Å². The predicted molar refractivity (Wildman–Crippen MR) is 392 cm³/mol. The van der Waals surface area contributed by atoms with Gasteiger partial charge in [0.05, 0.1) is 38.6 Å². The summed E-state index contributed by atoms with van der Waals surface area (Å²) in [4.78, 5) is 13.5. The second-order valence-corrected chi connectivity index (χ2v) is 28.9. The zero-order valence-corrected chi connectivity index (χ0v) is 62.0. The molecule has 17 atom stereocenters. The Balaban J connectivity index is 1.31. The van der Waals surface area contributed by atoms with Gasteiger partial charge >= 0.3 is 0 Å². The molecular weight excluding hydrogens is 1260 g/mol. The van der Waals surface area contributed by atoms with Gasteiger partial charge < -0.3 is 89.9 Å². The van der Waals surface area contributed by atoms with Crippen molar-refractivity contribution < 1.29 is 89.4 Å². The van der Waals surface area contributed by atoms with Gasteiger partial charge in [0, 0.05) is 6.42 Å². The largest absolute Gasteiger partial charge is 0.394 e. The lowest BCUT2D eigenvalue weighted by atomic mass is 9.96. The van der Waals surface area contributed by atoms with E-state index in [0.717, 1.165) is 70.6 Å². The number of carbonyl (C=O) groups excluding carboxylic acids is 1. The first-order valence-electron chi connectivity index (χ1n) is 40.4. The molecule has 3 fully saturated rings. The van der Waals surface area contributed by atoms with Gasteiger partial charge in [-0.15, -0.1) is 0 Å². The van der Waals surface area contributed by atoms with Crippen LogP contribution in [-0.2, 0) is 33.2 Å². The number of aliphatic hydroxyl groups excluding tert-OH is 11. The second kappa shape index (κ2) is 61.0. The Kier molecular flexibility index (Phi) is 56.0. The predicted octanol–water partition coefficient (Wildman–Crippen LogP) is 13.3. The maximum Gasteiger partial charge on any atom is 0.220 e. The van der Waals surface area contributed by atoms with Crippen molar-refractivity contribution in [3.8, 4) is 0 Å². The van der Waals surface area contributed by atoms with E-state index in [2.05, 4.69) is 67.8 Å². The maximum absolute atomic E-state index is 13.5. The van der Waals surface area contributed by atoms with Crippen molar-refractivity contribution in [3.63, 3.8) is 0 Å². The van der Waals surface area contributed by atoms with Crippen molar-refractivity contribution in [2.24, 2.45) is 0 Å². The molecule has 3 aliphatic heterocycles. The second-order valence-electron chi connectivity index (χ2n) is 28.9. The summed E-state index contributed by atoms with van der Waals surface area (Å²) in [7, 11) is 0. The first kappa shape index (κ1) is 91.0. The summed E-state index contributed by atoms with van der Waals surface area (Å²) in [5.74, 6) is -0.237. The van der Waals surface area contributed by atoms with Crippen LogP contribution in [0.25, 0.3) is 0 Å². The number of unbranched alkanes of at least 4 members (excludes halogenated alkanes) is 40. The van der Waals surface area contributed by atoms with Gasteiger partial charge in [0.1, 0.15) is 73.2 Å². The van der Waals surface area contributed by atoms with Crippen molar-refractivity contribution in [2.75, 3.05) is 26.4 Å². The van der Waals surface area contributed by atoms with Crippen LogP contribution < -0.4 is 5.32 Å². The molecule has 12 N–H and O–H groups in total. The van der Waals surface area contributed by atoms with Gasteiger partial charge in [-0.05, 0) is 51.4 Å². The maximum atomic E-state index is 13.5. The molecular formula is C80H147NO18. The SMILES string of the molecule is CC/C=C\C/C=C\C/C=C\C/C=C\CCCCCCCCCCCCCCCCCCCCCCCCCCC(=O)NC(COC1OC(CO)C(OC2OC(CO)C(OC3OC(CO)C(O)C(O)C3O)C(O)C2O)C(O)C1O)C(O)CCCCCCCCCCCCCCCCCCC. The lowest BCUT2D eigenvalue weighted by Crippen LogP contribution is -2.66. The normalized spacial score (nSPS) is 26.8. The van der Waals surface area contributed by atoms with E-state index in [-0.39, 0.29) is 18.9 Å². The lowest BCUT2D eigenvalue weighted by Gasteiger charge is -2.48. The molecule has 580 valence electrons. The first-order chi connectivity index (χ1) is 48.3. The number of hydrogen-bond acceptors (Lipinski definition) is 18. The van der Waals surface area contributed by atoms with E-state index in [1.807, 2.05) is 0 Å². The van der Waals surface area contributed by atoms with Crippen LogP contribution in [0, 0.1) is 0 Å². The van der Waals surface area contributed by atoms with Crippen LogP contribution in [0.15, 0.2) is 48.6 Å². The molecule has 0 bridgehead atoms. The molecule has 3 saturated heterocycles. The molecule has 3 heterocycles. The number of nitrogens with one attached hydrogen (secondary N) is 1. The average Bonchev–Trinajstić information content (AvgIpc) is 0.786. The van der Waals surface area contributed by atoms with Crippen molar-refractivity contribution >= 4 is 5.91 Å². The summed E-state index contributed by atoms with van der Waals surface area (Å²) in [6, 6.07) is -0.886. The van der Waals surface area contributed by atoms with Crippen molar-refractivity contribution in [1.29, 1.82) is 0 Å². The van der Waals surface area contributed by atoms with Crippen LogP contribution in [0.2, 0.25) is 0 Å². The molecule has 17 unspecified atom stereocenters. The van der Waals surface area contributed by atoms with Gasteiger partial charge in [0.25, 0.3) is 0 Å². The standard InChI is InChI=1S/C80H147NO18/c1-3-5-7-9-11-13-15-17-19-21-22-23-24-25-26-27-28-29-30-31-32-33-34-35-36-37-38-39-40-42-44-46-48-50-52-54-56-58-68(86)81-63(64(85)57-55-53-51-49-47-45-43-41-20-18-16-14-12-10-8-6-4-2)62-94-78-74(92)71(89)76(66(60-83)96-78)99-80-75(93)72(90)77(67(61-84)97-80)98-79-73(91)70(88)69(87)65(59-82)95-79/h5,7,11,13,17,19,22-23,63-67,69-80,82-85,87-93H,3-4,6,8-10,12,14-16,18,20-21,24-62H2,1-2H3,(H,81,86)/b7-5-,13-11-,19-17-,23-22-. The highest BCUT2D eigenvalue weighted by Gasteiger charge is 2.54. The van der Waals surface area contributed by atoms with Crippen molar-refractivity contribution in [3.05, 3.63) is 48.6 Å². The molecule has 3 aliphatic rings. The quantitative estimate of drug-likeness (QED) is 0.0199. The molecule has 0 radical (unpaired) electrons. The molecule has 1 amide bonds. The Morgan fingerprint density at radius 1 is 0.374 bits per heavy atom. The minimum absolute atomic E-state index is 0.237. The average molecular weight is 1410 g/mol. The summed E-state index contributed by atoms with van der Waals surface area (Å²) in [5.41, 5.74) is 0. The molecule has 0 aliphatic carbocycles. The van der Waals surface area contributed by atoms with E-state index in [4.69, 9.17) is 28.4 Å². The molecule has 0 aromatic carbocycles. The summed E-state index contributed by atoms with van der Waals surface area (Å²) in [5, 5.41) is 121. The molecule has 99 heavy (non-hydrogen) atoms. The minimum atomic E-state index is -1.97. The van der Waals surface area contributed by atoms with Crippen LogP contribution in [0.4, 0.5) is 0 Å². The first-order valence-corrected chi connectivity index (χ1v) is 40.4. The van der Waals surface area contributed by atoms with Gasteiger partial charge in [-0.2, -0.15) is 0 Å². The monoisotopic (exact) mass is 1410 g/mol. The highest BCUT2D eigenvalue weighted by atomic mass is 16.8. The number of ether oxygens (including phenoxy) is 6. The van der Waals surface area contributed by atoms with E-state index in [9.17, 15) is 61.0 Å². The summed E-state index contributed by atoms with van der Waals surface area (Å²) in [6.07, 6.45) is 49.3. The number of carbonyl (C=O) groups is 1. The third kappa shape index (κ3) is 41.3. The Morgan fingerprint density at radius 3 is 1.09 bits per heavy atom. The van der Waals surface area contributed by atoms with Crippen LogP contribution in [-0.4, -0.2) is 193 Å². The summed E-state index contributed by atoms with van der Waals surface area (Å²) < 4.78 is 34.5. The fourth-order valence-electron chi connectivity index (χ4n) is 13.7.